The third-order valence-electron chi connectivity index (χ3n) is 1.94. The maximum absolute atomic E-state index is 12.8. The highest BCUT2D eigenvalue weighted by Gasteiger charge is 2.04. The summed E-state index contributed by atoms with van der Waals surface area (Å²) in [5, 5.41) is 8.78. The molecule has 0 spiro atoms. The first-order valence-corrected chi connectivity index (χ1v) is 5.12. The molecule has 0 bridgehead atoms. The van der Waals surface area contributed by atoms with Gasteiger partial charge in [-0.15, -0.1) is 0 Å². The van der Waals surface area contributed by atoms with Crippen LogP contribution in [0.25, 0.3) is 10.9 Å². The van der Waals surface area contributed by atoms with Gasteiger partial charge in [-0.05, 0) is 18.6 Å². The summed E-state index contributed by atoms with van der Waals surface area (Å²) in [6.45, 7) is 0. The number of rotatable bonds is 2. The number of hydrogen-bond acceptors (Lipinski definition) is 1. The monoisotopic (exact) mass is 242 g/mol. The predicted molar refractivity (Wildman–Crippen MR) is 53.5 cm³/mol. The van der Waals surface area contributed by atoms with Crippen LogP contribution < -0.4 is 0 Å². The fourth-order valence-electron chi connectivity index (χ4n) is 1.33. The van der Waals surface area contributed by atoms with Crippen LogP contribution >= 0.6 is 15.9 Å². The van der Waals surface area contributed by atoms with Crippen LogP contribution in [0.15, 0.2) is 18.2 Å². The Morgan fingerprint density at radius 3 is 3.08 bits per heavy atom. The van der Waals surface area contributed by atoms with Gasteiger partial charge in [0, 0.05) is 22.5 Å². The third-order valence-corrected chi connectivity index (χ3v) is 2.34. The normalized spacial score (nSPS) is 10.9. The zero-order chi connectivity index (χ0) is 9.26. The van der Waals surface area contributed by atoms with Crippen molar-refractivity contribution in [2.24, 2.45) is 0 Å². The third kappa shape index (κ3) is 1.58. The zero-order valence-corrected chi connectivity index (χ0v) is 8.44. The van der Waals surface area contributed by atoms with E-state index in [1.165, 1.54) is 12.1 Å². The van der Waals surface area contributed by atoms with Crippen molar-refractivity contribution in [3.63, 3.8) is 0 Å². The van der Waals surface area contributed by atoms with Crippen LogP contribution in [-0.2, 0) is 6.42 Å². The molecule has 0 aliphatic heterocycles. The average Bonchev–Trinajstić information content (AvgIpc) is 2.49. The molecule has 2 nitrogen and oxygen atoms in total. The number of nitrogens with one attached hydrogen (secondary N) is 1. The molecule has 0 saturated heterocycles. The van der Waals surface area contributed by atoms with Crippen molar-refractivity contribution in [2.45, 2.75) is 6.42 Å². The molecule has 4 heteroatoms. The van der Waals surface area contributed by atoms with Crippen molar-refractivity contribution in [3.8, 4) is 0 Å². The summed E-state index contributed by atoms with van der Waals surface area (Å²) in [7, 11) is 0. The van der Waals surface area contributed by atoms with Gasteiger partial charge < -0.3 is 0 Å². The van der Waals surface area contributed by atoms with Gasteiger partial charge in [-0.1, -0.05) is 15.9 Å². The van der Waals surface area contributed by atoms with Crippen LogP contribution in [0.1, 0.15) is 5.69 Å². The Hall–Kier alpha value is -0.900. The van der Waals surface area contributed by atoms with Crippen molar-refractivity contribution in [3.05, 3.63) is 29.7 Å². The van der Waals surface area contributed by atoms with E-state index in [0.29, 0.717) is 5.52 Å². The van der Waals surface area contributed by atoms with E-state index in [0.717, 1.165) is 22.8 Å². The van der Waals surface area contributed by atoms with Gasteiger partial charge in [-0.25, -0.2) is 4.39 Å². The molecule has 1 aromatic heterocycles. The minimum atomic E-state index is -0.246. The van der Waals surface area contributed by atoms with Gasteiger partial charge in [-0.2, -0.15) is 5.10 Å². The minimum absolute atomic E-state index is 0.246. The largest absolute Gasteiger partial charge is 0.281 e. The van der Waals surface area contributed by atoms with Gasteiger partial charge >= 0.3 is 0 Å². The van der Waals surface area contributed by atoms with Gasteiger partial charge in [-0.3, -0.25) is 5.10 Å². The number of nitrogens with zero attached hydrogens (tertiary/aromatic N) is 1. The average molecular weight is 243 g/mol. The van der Waals surface area contributed by atoms with Gasteiger partial charge in [0.15, 0.2) is 0 Å². The quantitative estimate of drug-likeness (QED) is 0.807. The van der Waals surface area contributed by atoms with Crippen molar-refractivity contribution in [2.75, 3.05) is 5.33 Å². The van der Waals surface area contributed by atoms with Gasteiger partial charge in [0.05, 0.1) is 5.52 Å². The van der Waals surface area contributed by atoms with E-state index in [1.807, 2.05) is 0 Å². The van der Waals surface area contributed by atoms with E-state index in [9.17, 15) is 4.39 Å². The lowest BCUT2D eigenvalue weighted by molar-refractivity contribution is 0.629. The number of alkyl halides is 1. The Morgan fingerprint density at radius 1 is 1.46 bits per heavy atom. The zero-order valence-electron chi connectivity index (χ0n) is 6.85. The Labute approximate surface area is 83.3 Å². The second kappa shape index (κ2) is 3.46. The summed E-state index contributed by atoms with van der Waals surface area (Å²) in [6, 6.07) is 4.64. The molecule has 1 heterocycles. The summed E-state index contributed by atoms with van der Waals surface area (Å²) in [5.41, 5.74) is 1.74. The van der Waals surface area contributed by atoms with E-state index in [2.05, 4.69) is 26.1 Å². The summed E-state index contributed by atoms with van der Waals surface area (Å²) in [5.74, 6) is -0.246. The molecule has 2 rings (SSSR count). The van der Waals surface area contributed by atoms with E-state index in [4.69, 9.17) is 0 Å². The Bertz CT molecular complexity index is 424. The molecule has 0 aliphatic carbocycles. The first-order valence-electron chi connectivity index (χ1n) is 4.00. The SMILES string of the molecule is Fc1ccc2c(CCBr)[nH]nc2c1. The molecule has 0 unspecified atom stereocenters. The fraction of sp³-hybridized carbons (Fsp3) is 0.222. The van der Waals surface area contributed by atoms with Crippen molar-refractivity contribution < 1.29 is 4.39 Å². The lowest BCUT2D eigenvalue weighted by atomic mass is 10.2. The molecule has 0 fully saturated rings. The van der Waals surface area contributed by atoms with Crippen LogP contribution in [0.4, 0.5) is 4.39 Å². The Morgan fingerprint density at radius 2 is 2.31 bits per heavy atom. The number of fused-ring (bicyclic) bond motifs is 1. The smallest absolute Gasteiger partial charge is 0.125 e. The van der Waals surface area contributed by atoms with Crippen LogP contribution in [0.2, 0.25) is 0 Å². The molecular weight excluding hydrogens is 235 g/mol. The topological polar surface area (TPSA) is 28.7 Å². The summed E-state index contributed by atoms with van der Waals surface area (Å²) < 4.78 is 12.8. The van der Waals surface area contributed by atoms with Crippen LogP contribution in [0, 0.1) is 5.82 Å². The number of halogens is 2. The Balaban J connectivity index is 2.55. The molecular formula is C9H8BrFN2. The number of hydrogen-bond donors (Lipinski definition) is 1. The summed E-state index contributed by atoms with van der Waals surface area (Å²) in [6.07, 6.45) is 0.877. The van der Waals surface area contributed by atoms with Crippen molar-refractivity contribution in [1.82, 2.24) is 10.2 Å². The lowest BCUT2D eigenvalue weighted by Gasteiger charge is -1.92. The van der Waals surface area contributed by atoms with Crippen molar-refractivity contribution in [1.29, 1.82) is 0 Å². The lowest BCUT2D eigenvalue weighted by Crippen LogP contribution is -1.85. The highest BCUT2D eigenvalue weighted by atomic mass is 79.9. The molecule has 68 valence electrons. The number of H-pyrrole nitrogens is 1. The first kappa shape index (κ1) is 8.69. The predicted octanol–water partition coefficient (Wildman–Crippen LogP) is 2.64. The highest BCUT2D eigenvalue weighted by molar-refractivity contribution is 9.09. The van der Waals surface area contributed by atoms with E-state index >= 15 is 0 Å². The van der Waals surface area contributed by atoms with E-state index < -0.39 is 0 Å². The second-order valence-electron chi connectivity index (χ2n) is 2.80. The van der Waals surface area contributed by atoms with E-state index in [1.54, 1.807) is 6.07 Å². The number of benzene rings is 1. The maximum atomic E-state index is 12.8. The van der Waals surface area contributed by atoms with Gasteiger partial charge in [0.25, 0.3) is 0 Å². The number of aromatic amines is 1. The molecule has 1 aromatic carbocycles. The molecule has 2 aromatic rings. The minimum Gasteiger partial charge on any atom is -0.281 e. The standard InChI is InChI=1S/C9H8BrFN2/c10-4-3-8-7-2-1-6(11)5-9(7)13-12-8/h1-2,5H,3-4H2,(H,12,13). The summed E-state index contributed by atoms with van der Waals surface area (Å²) in [4.78, 5) is 0. The molecule has 0 amide bonds. The Kier molecular flexibility index (Phi) is 2.31. The summed E-state index contributed by atoms with van der Waals surface area (Å²) >= 11 is 3.35. The second-order valence-corrected chi connectivity index (χ2v) is 3.60. The van der Waals surface area contributed by atoms with E-state index in [-0.39, 0.29) is 5.82 Å². The van der Waals surface area contributed by atoms with Gasteiger partial charge in [0.2, 0.25) is 0 Å². The molecule has 1 N–H and O–H groups in total. The number of aromatic nitrogens is 2. The highest BCUT2D eigenvalue weighted by Crippen LogP contribution is 2.17. The molecule has 0 aliphatic rings. The molecule has 13 heavy (non-hydrogen) atoms. The fourth-order valence-corrected chi connectivity index (χ4v) is 1.72. The van der Waals surface area contributed by atoms with Crippen LogP contribution in [0.5, 0.6) is 0 Å². The number of aryl methyl sites for hydroxylation is 1. The van der Waals surface area contributed by atoms with Gasteiger partial charge in [0.1, 0.15) is 5.82 Å². The van der Waals surface area contributed by atoms with Crippen LogP contribution in [-0.4, -0.2) is 15.5 Å². The van der Waals surface area contributed by atoms with Crippen LogP contribution in [0.3, 0.4) is 0 Å². The van der Waals surface area contributed by atoms with Crippen molar-refractivity contribution >= 4 is 26.8 Å². The first-order chi connectivity index (χ1) is 6.31. The molecule has 0 saturated carbocycles. The molecule has 0 atom stereocenters. The molecule has 0 radical (unpaired) electrons. The maximum Gasteiger partial charge on any atom is 0.125 e.